The predicted octanol–water partition coefficient (Wildman–Crippen LogP) is 3.89. The topological polar surface area (TPSA) is 58.4 Å². The summed E-state index contributed by atoms with van der Waals surface area (Å²) in [5, 5.41) is 3.75. The molecule has 1 fully saturated rings. The van der Waals surface area contributed by atoms with E-state index in [2.05, 4.69) is 24.1 Å². The number of rotatable bonds is 6. The first-order chi connectivity index (χ1) is 12.9. The molecule has 3 N–H and O–H groups in total. The van der Waals surface area contributed by atoms with Crippen molar-refractivity contribution in [1.29, 1.82) is 0 Å². The molecule has 144 valence electrons. The van der Waals surface area contributed by atoms with E-state index in [0.717, 1.165) is 24.1 Å². The van der Waals surface area contributed by atoms with E-state index in [1.54, 1.807) is 24.3 Å². The maximum atomic E-state index is 14.0. The Morgan fingerprint density at radius 2 is 2.00 bits per heavy atom. The van der Waals surface area contributed by atoms with Crippen molar-refractivity contribution in [2.24, 2.45) is 5.73 Å². The average Bonchev–Trinajstić information content (AvgIpc) is 3.07. The molecule has 1 aliphatic heterocycles. The molecular formula is C21H25ClFN3O. The largest absolute Gasteiger partial charge is 0.366 e. The molecule has 0 radical (unpaired) electrons. The number of nitrogens with zero attached hydrogens (tertiary/aromatic N) is 1. The fourth-order valence-electron chi connectivity index (χ4n) is 3.77. The Bertz CT molecular complexity index is 810. The van der Waals surface area contributed by atoms with E-state index in [4.69, 9.17) is 17.3 Å². The lowest BCUT2D eigenvalue weighted by Gasteiger charge is -2.32. The van der Waals surface area contributed by atoms with Gasteiger partial charge in [-0.3, -0.25) is 9.69 Å². The third-order valence-electron chi connectivity index (χ3n) is 5.19. The van der Waals surface area contributed by atoms with Crippen molar-refractivity contribution in [3.63, 3.8) is 0 Å². The number of nitrogens with two attached hydrogens (primary N) is 1. The molecule has 0 bridgehead atoms. The maximum absolute atomic E-state index is 14.0. The van der Waals surface area contributed by atoms with Crippen molar-refractivity contribution in [2.75, 3.05) is 6.54 Å². The zero-order valence-electron chi connectivity index (χ0n) is 15.6. The molecule has 6 heteroatoms. The maximum Gasteiger partial charge on any atom is 0.248 e. The summed E-state index contributed by atoms with van der Waals surface area (Å²) in [5.74, 6) is -0.812. The Morgan fingerprint density at radius 1 is 1.30 bits per heavy atom. The van der Waals surface area contributed by atoms with Gasteiger partial charge in [0.1, 0.15) is 5.82 Å². The number of likely N-dealkylation sites (tertiary alicyclic amines) is 1. The standard InChI is InChI=1S/C21H25ClFN3O/c1-13(2)26-10-9-19(20(26)16-7-8-17(22)18(23)11-16)25-12-14-3-5-15(6-4-14)21(24)27/h3-8,11,13,19-20,25H,9-10,12H2,1-2H3,(H2,24,27). The van der Waals surface area contributed by atoms with Crippen LogP contribution in [-0.4, -0.2) is 29.4 Å². The molecule has 1 aliphatic rings. The van der Waals surface area contributed by atoms with Gasteiger partial charge in [-0.05, 0) is 55.7 Å². The van der Waals surface area contributed by atoms with Gasteiger partial charge in [0.2, 0.25) is 5.91 Å². The molecule has 0 aromatic heterocycles. The second-order valence-corrected chi connectivity index (χ2v) is 7.69. The molecule has 2 aromatic carbocycles. The van der Waals surface area contributed by atoms with Gasteiger partial charge in [0.05, 0.1) is 11.1 Å². The summed E-state index contributed by atoms with van der Waals surface area (Å²) in [5.41, 5.74) is 7.79. The first-order valence-corrected chi connectivity index (χ1v) is 9.57. The van der Waals surface area contributed by atoms with Crippen LogP contribution in [0, 0.1) is 5.82 Å². The van der Waals surface area contributed by atoms with Crippen LogP contribution >= 0.6 is 11.6 Å². The van der Waals surface area contributed by atoms with Crippen molar-refractivity contribution in [3.05, 3.63) is 70.0 Å². The van der Waals surface area contributed by atoms with Gasteiger partial charge in [0, 0.05) is 30.7 Å². The fraction of sp³-hybridized carbons (Fsp3) is 0.381. The number of benzene rings is 2. The molecule has 27 heavy (non-hydrogen) atoms. The van der Waals surface area contributed by atoms with Crippen LogP contribution < -0.4 is 11.1 Å². The van der Waals surface area contributed by atoms with Crippen LogP contribution in [-0.2, 0) is 6.54 Å². The molecule has 3 rings (SSSR count). The Labute approximate surface area is 164 Å². The van der Waals surface area contributed by atoms with Crippen molar-refractivity contribution in [3.8, 4) is 0 Å². The van der Waals surface area contributed by atoms with E-state index in [1.807, 2.05) is 18.2 Å². The molecule has 1 heterocycles. The van der Waals surface area contributed by atoms with Crippen LogP contribution in [0.1, 0.15) is 47.8 Å². The molecule has 0 aliphatic carbocycles. The molecule has 1 saturated heterocycles. The van der Waals surface area contributed by atoms with Gasteiger partial charge in [-0.2, -0.15) is 0 Å². The summed E-state index contributed by atoms with van der Waals surface area (Å²) >= 11 is 5.86. The predicted molar refractivity (Wildman–Crippen MR) is 106 cm³/mol. The summed E-state index contributed by atoms with van der Waals surface area (Å²) < 4.78 is 14.0. The van der Waals surface area contributed by atoms with Crippen LogP contribution in [0.25, 0.3) is 0 Å². The smallest absolute Gasteiger partial charge is 0.248 e. The van der Waals surface area contributed by atoms with Crippen molar-refractivity contribution < 1.29 is 9.18 Å². The monoisotopic (exact) mass is 389 g/mol. The SMILES string of the molecule is CC(C)N1CCC(NCc2ccc(C(N)=O)cc2)C1c1ccc(Cl)c(F)c1. The fourth-order valence-corrected chi connectivity index (χ4v) is 3.88. The average molecular weight is 390 g/mol. The lowest BCUT2D eigenvalue weighted by molar-refractivity contribution is 0.100. The minimum atomic E-state index is -0.428. The Kier molecular flexibility index (Phi) is 6.15. The Balaban J connectivity index is 1.76. The van der Waals surface area contributed by atoms with Crippen LogP contribution in [0.3, 0.4) is 0 Å². The molecule has 2 unspecified atom stereocenters. The molecular weight excluding hydrogens is 365 g/mol. The first kappa shape index (κ1) is 19.8. The van der Waals surface area contributed by atoms with Gasteiger partial charge in [0.15, 0.2) is 0 Å². The van der Waals surface area contributed by atoms with Gasteiger partial charge in [-0.1, -0.05) is 29.8 Å². The first-order valence-electron chi connectivity index (χ1n) is 9.19. The van der Waals surface area contributed by atoms with E-state index in [0.29, 0.717) is 18.2 Å². The van der Waals surface area contributed by atoms with Crippen LogP contribution in [0.4, 0.5) is 4.39 Å². The molecule has 0 saturated carbocycles. The lowest BCUT2D eigenvalue weighted by atomic mass is 9.98. The van der Waals surface area contributed by atoms with E-state index in [-0.39, 0.29) is 22.9 Å². The Hall–Kier alpha value is -1.95. The minimum Gasteiger partial charge on any atom is -0.366 e. The molecule has 4 nitrogen and oxygen atoms in total. The van der Waals surface area contributed by atoms with E-state index in [9.17, 15) is 9.18 Å². The van der Waals surface area contributed by atoms with Gasteiger partial charge in [-0.25, -0.2) is 4.39 Å². The molecule has 1 amide bonds. The van der Waals surface area contributed by atoms with Crippen molar-refractivity contribution in [2.45, 2.75) is 44.9 Å². The third-order valence-corrected chi connectivity index (χ3v) is 5.50. The number of hydrogen-bond donors (Lipinski definition) is 2. The van der Waals surface area contributed by atoms with E-state index >= 15 is 0 Å². The number of carbonyl (C=O) groups excluding carboxylic acids is 1. The second kappa shape index (κ2) is 8.38. The van der Waals surface area contributed by atoms with Crippen molar-refractivity contribution >= 4 is 17.5 Å². The van der Waals surface area contributed by atoms with Crippen LogP contribution in [0.5, 0.6) is 0 Å². The van der Waals surface area contributed by atoms with Gasteiger partial charge >= 0.3 is 0 Å². The second-order valence-electron chi connectivity index (χ2n) is 7.29. The number of nitrogens with one attached hydrogen (secondary N) is 1. The molecule has 2 aromatic rings. The molecule has 2 atom stereocenters. The highest BCUT2D eigenvalue weighted by atomic mass is 35.5. The van der Waals surface area contributed by atoms with E-state index < -0.39 is 5.91 Å². The molecule has 0 spiro atoms. The summed E-state index contributed by atoms with van der Waals surface area (Å²) in [6, 6.07) is 13.0. The summed E-state index contributed by atoms with van der Waals surface area (Å²) in [4.78, 5) is 13.6. The summed E-state index contributed by atoms with van der Waals surface area (Å²) in [6.07, 6.45) is 0.979. The normalized spacial score (nSPS) is 20.3. The van der Waals surface area contributed by atoms with Gasteiger partial charge in [-0.15, -0.1) is 0 Å². The zero-order chi connectivity index (χ0) is 19.6. The minimum absolute atomic E-state index is 0.0849. The van der Waals surface area contributed by atoms with Gasteiger partial charge in [0.25, 0.3) is 0 Å². The van der Waals surface area contributed by atoms with Crippen LogP contribution in [0.15, 0.2) is 42.5 Å². The highest BCUT2D eigenvalue weighted by Crippen LogP contribution is 2.35. The lowest BCUT2D eigenvalue weighted by Crippen LogP contribution is -2.38. The van der Waals surface area contributed by atoms with Crippen LogP contribution in [0.2, 0.25) is 5.02 Å². The number of halogens is 2. The Morgan fingerprint density at radius 3 is 2.59 bits per heavy atom. The van der Waals surface area contributed by atoms with E-state index in [1.165, 1.54) is 0 Å². The number of amides is 1. The van der Waals surface area contributed by atoms with Crippen molar-refractivity contribution in [1.82, 2.24) is 10.2 Å². The number of primary amides is 1. The highest BCUT2D eigenvalue weighted by Gasteiger charge is 2.36. The number of hydrogen-bond acceptors (Lipinski definition) is 3. The number of carbonyl (C=O) groups is 1. The third kappa shape index (κ3) is 4.49. The zero-order valence-corrected chi connectivity index (χ0v) is 16.3. The van der Waals surface area contributed by atoms with Gasteiger partial charge < -0.3 is 11.1 Å². The summed E-state index contributed by atoms with van der Waals surface area (Å²) in [6.45, 7) is 5.93. The highest BCUT2D eigenvalue weighted by molar-refractivity contribution is 6.30. The quantitative estimate of drug-likeness (QED) is 0.787. The summed E-state index contributed by atoms with van der Waals surface area (Å²) in [7, 11) is 0.